The van der Waals surface area contributed by atoms with E-state index in [1.165, 1.54) is 0 Å². The summed E-state index contributed by atoms with van der Waals surface area (Å²) < 4.78 is 0. The summed E-state index contributed by atoms with van der Waals surface area (Å²) in [5.41, 5.74) is 2.27. The molecule has 0 amide bonds. The Kier molecular flexibility index (Phi) is 3.55. The number of H-pyrrole nitrogens is 1. The quantitative estimate of drug-likeness (QED) is 0.688. The molecular weight excluding hydrogens is 292 g/mol. The first-order valence-electron chi connectivity index (χ1n) is 7.79. The summed E-state index contributed by atoms with van der Waals surface area (Å²) >= 11 is 0. The monoisotopic (exact) mass is 310 g/mol. The van der Waals surface area contributed by atoms with Crippen molar-refractivity contribution in [2.24, 2.45) is 0 Å². The van der Waals surface area contributed by atoms with Gasteiger partial charge in [-0.25, -0.2) is 4.98 Å². The zero-order valence-electron chi connectivity index (χ0n) is 12.6. The van der Waals surface area contributed by atoms with Crippen LogP contribution in [0.15, 0.2) is 36.7 Å². The van der Waals surface area contributed by atoms with E-state index in [1.807, 2.05) is 35.2 Å². The van der Waals surface area contributed by atoms with E-state index in [9.17, 15) is 5.11 Å². The summed E-state index contributed by atoms with van der Waals surface area (Å²) in [4.78, 5) is 18.3. The predicted molar refractivity (Wildman–Crippen MR) is 88.6 cm³/mol. The Morgan fingerprint density at radius 3 is 2.87 bits per heavy atom. The van der Waals surface area contributed by atoms with Crippen LogP contribution in [-0.2, 0) is 0 Å². The van der Waals surface area contributed by atoms with Gasteiger partial charge in [0.15, 0.2) is 17.0 Å². The fourth-order valence-electron chi connectivity index (χ4n) is 2.84. The highest BCUT2D eigenvalue weighted by Crippen LogP contribution is 2.27. The molecule has 0 radical (unpaired) electrons. The van der Waals surface area contributed by atoms with E-state index in [2.05, 4.69) is 25.3 Å². The highest BCUT2D eigenvalue weighted by atomic mass is 16.3. The minimum Gasteiger partial charge on any atom is -0.374 e. The summed E-state index contributed by atoms with van der Waals surface area (Å²) in [6.07, 6.45) is 3.87. The lowest BCUT2D eigenvalue weighted by molar-refractivity contribution is 0.138. The van der Waals surface area contributed by atoms with Crippen molar-refractivity contribution in [2.45, 2.75) is 25.5 Å². The third kappa shape index (κ3) is 2.70. The van der Waals surface area contributed by atoms with Crippen LogP contribution in [0, 0.1) is 0 Å². The maximum absolute atomic E-state index is 10.2. The molecule has 7 heteroatoms. The van der Waals surface area contributed by atoms with Crippen molar-refractivity contribution in [1.82, 2.24) is 19.9 Å². The van der Waals surface area contributed by atoms with Crippen molar-refractivity contribution in [1.29, 1.82) is 0 Å². The number of piperidine rings is 1. The van der Waals surface area contributed by atoms with Gasteiger partial charge in [0.05, 0.1) is 6.33 Å². The Balaban J connectivity index is 1.75. The molecule has 2 aromatic heterocycles. The molecule has 1 saturated heterocycles. The van der Waals surface area contributed by atoms with Gasteiger partial charge in [-0.05, 0) is 31.4 Å². The Morgan fingerprint density at radius 1 is 1.17 bits per heavy atom. The number of benzene rings is 1. The van der Waals surface area contributed by atoms with Gasteiger partial charge < -0.3 is 20.3 Å². The number of rotatable bonds is 3. The third-order valence-electron chi connectivity index (χ3n) is 4.03. The van der Waals surface area contributed by atoms with Crippen LogP contribution in [0.3, 0.4) is 0 Å². The zero-order chi connectivity index (χ0) is 15.6. The minimum atomic E-state index is -0.534. The predicted octanol–water partition coefficient (Wildman–Crippen LogP) is 2.41. The smallest absolute Gasteiger partial charge is 0.231 e. The topological polar surface area (TPSA) is 90.0 Å². The molecule has 1 unspecified atom stereocenters. The molecule has 1 aliphatic rings. The van der Waals surface area contributed by atoms with Crippen molar-refractivity contribution in [3.63, 3.8) is 0 Å². The summed E-state index contributed by atoms with van der Waals surface area (Å²) in [6.45, 7) is 0.756. The SMILES string of the molecule is OC1CCCCN1c1nc(Nc2ccccc2)c2nc[nH]c2n1. The number of anilines is 3. The van der Waals surface area contributed by atoms with Gasteiger partial charge in [-0.15, -0.1) is 0 Å². The number of nitrogens with zero attached hydrogens (tertiary/aromatic N) is 4. The van der Waals surface area contributed by atoms with Gasteiger partial charge in [-0.2, -0.15) is 9.97 Å². The van der Waals surface area contributed by atoms with Gasteiger partial charge in [0, 0.05) is 12.2 Å². The lowest BCUT2D eigenvalue weighted by atomic mass is 10.1. The van der Waals surface area contributed by atoms with Gasteiger partial charge in [0.25, 0.3) is 0 Å². The molecule has 0 aliphatic carbocycles. The minimum absolute atomic E-state index is 0.521. The number of imidazole rings is 1. The van der Waals surface area contributed by atoms with Crippen molar-refractivity contribution in [3.8, 4) is 0 Å². The molecule has 4 rings (SSSR count). The molecule has 1 fully saturated rings. The molecule has 0 saturated carbocycles. The molecule has 1 aromatic carbocycles. The van der Waals surface area contributed by atoms with Gasteiger partial charge in [0.1, 0.15) is 6.23 Å². The zero-order valence-corrected chi connectivity index (χ0v) is 12.6. The number of aromatic nitrogens is 4. The second kappa shape index (κ2) is 5.85. The Morgan fingerprint density at radius 2 is 2.04 bits per heavy atom. The first-order valence-corrected chi connectivity index (χ1v) is 7.79. The molecule has 3 N–H and O–H groups in total. The average molecular weight is 310 g/mol. The summed E-state index contributed by atoms with van der Waals surface area (Å²) in [5, 5.41) is 13.5. The number of aliphatic hydroxyl groups excluding tert-OH is 1. The van der Waals surface area contributed by atoms with Gasteiger partial charge in [-0.1, -0.05) is 18.2 Å². The van der Waals surface area contributed by atoms with E-state index in [1.54, 1.807) is 6.33 Å². The number of aromatic amines is 1. The normalized spacial score (nSPS) is 18.3. The van der Waals surface area contributed by atoms with E-state index in [0.29, 0.717) is 22.9 Å². The van der Waals surface area contributed by atoms with Gasteiger partial charge in [-0.3, -0.25) is 0 Å². The van der Waals surface area contributed by atoms with Crippen LogP contribution in [0.5, 0.6) is 0 Å². The van der Waals surface area contributed by atoms with Crippen LogP contribution >= 0.6 is 0 Å². The van der Waals surface area contributed by atoms with E-state index in [-0.39, 0.29) is 0 Å². The average Bonchev–Trinajstić information content (AvgIpc) is 3.05. The lowest BCUT2D eigenvalue weighted by Crippen LogP contribution is -2.40. The number of para-hydroxylation sites is 1. The number of hydrogen-bond acceptors (Lipinski definition) is 6. The van der Waals surface area contributed by atoms with E-state index >= 15 is 0 Å². The molecule has 3 heterocycles. The van der Waals surface area contributed by atoms with E-state index in [0.717, 1.165) is 31.5 Å². The number of hydrogen-bond donors (Lipinski definition) is 3. The molecule has 7 nitrogen and oxygen atoms in total. The van der Waals surface area contributed by atoms with Crippen molar-refractivity contribution in [2.75, 3.05) is 16.8 Å². The summed E-state index contributed by atoms with van der Waals surface area (Å²) in [7, 11) is 0. The van der Waals surface area contributed by atoms with E-state index < -0.39 is 6.23 Å². The molecule has 0 spiro atoms. The van der Waals surface area contributed by atoms with Crippen molar-refractivity contribution < 1.29 is 5.11 Å². The highest BCUT2D eigenvalue weighted by Gasteiger charge is 2.24. The highest BCUT2D eigenvalue weighted by molar-refractivity contribution is 5.86. The fraction of sp³-hybridized carbons (Fsp3) is 0.312. The molecule has 1 atom stereocenters. The third-order valence-corrected chi connectivity index (χ3v) is 4.03. The van der Waals surface area contributed by atoms with Crippen LogP contribution in [0.2, 0.25) is 0 Å². The standard InChI is InChI=1S/C16H18N6O/c23-12-8-4-5-9-22(12)16-20-14-13(17-10-18-14)15(21-16)19-11-6-2-1-3-7-11/h1-3,6-7,10,12,23H,4-5,8-9H2,(H2,17,18,19,20,21). The van der Waals surface area contributed by atoms with Crippen molar-refractivity contribution in [3.05, 3.63) is 36.7 Å². The summed E-state index contributed by atoms with van der Waals surface area (Å²) in [6, 6.07) is 9.82. The first kappa shape index (κ1) is 14.0. The maximum Gasteiger partial charge on any atom is 0.231 e. The molecular formula is C16H18N6O. The molecule has 0 bridgehead atoms. The Labute approximate surface area is 133 Å². The van der Waals surface area contributed by atoms with Crippen LogP contribution in [-0.4, -0.2) is 37.8 Å². The molecule has 118 valence electrons. The second-order valence-electron chi connectivity index (χ2n) is 5.63. The number of aliphatic hydroxyl groups is 1. The van der Waals surface area contributed by atoms with Gasteiger partial charge >= 0.3 is 0 Å². The first-order chi connectivity index (χ1) is 11.3. The Hall–Kier alpha value is -2.67. The maximum atomic E-state index is 10.2. The Bertz CT molecular complexity index is 803. The van der Waals surface area contributed by atoms with Crippen molar-refractivity contribution >= 4 is 28.6 Å². The molecule has 1 aliphatic heterocycles. The largest absolute Gasteiger partial charge is 0.374 e. The van der Waals surface area contributed by atoms with E-state index in [4.69, 9.17) is 0 Å². The number of nitrogens with one attached hydrogen (secondary N) is 2. The molecule has 23 heavy (non-hydrogen) atoms. The summed E-state index contributed by atoms with van der Waals surface area (Å²) in [5.74, 6) is 1.16. The molecule has 3 aromatic rings. The van der Waals surface area contributed by atoms with Crippen LogP contribution in [0.25, 0.3) is 11.2 Å². The lowest BCUT2D eigenvalue weighted by Gasteiger charge is -2.32. The van der Waals surface area contributed by atoms with Crippen LogP contribution < -0.4 is 10.2 Å². The van der Waals surface area contributed by atoms with Crippen LogP contribution in [0.4, 0.5) is 17.5 Å². The van der Waals surface area contributed by atoms with Gasteiger partial charge in [0.2, 0.25) is 5.95 Å². The second-order valence-corrected chi connectivity index (χ2v) is 5.63. The fourth-order valence-corrected chi connectivity index (χ4v) is 2.84. The number of fused-ring (bicyclic) bond motifs is 1. The van der Waals surface area contributed by atoms with Crippen LogP contribution in [0.1, 0.15) is 19.3 Å².